The van der Waals surface area contributed by atoms with Crippen LogP contribution in [0.4, 0.5) is 0 Å². The molecule has 18 heavy (non-hydrogen) atoms. The number of nitrogens with one attached hydrogen (secondary N) is 1. The van der Waals surface area contributed by atoms with Gasteiger partial charge in [-0.25, -0.2) is 0 Å². The lowest BCUT2D eigenvalue weighted by molar-refractivity contribution is 0.340. The van der Waals surface area contributed by atoms with Crippen molar-refractivity contribution < 1.29 is 0 Å². The molecule has 0 atom stereocenters. The maximum absolute atomic E-state index is 3.67. The van der Waals surface area contributed by atoms with Crippen molar-refractivity contribution in [2.45, 2.75) is 44.6 Å². The minimum absolute atomic E-state index is 0.168. The molecule has 0 saturated heterocycles. The Morgan fingerprint density at radius 1 is 1.22 bits per heavy atom. The molecule has 1 aliphatic rings. The maximum atomic E-state index is 3.67. The fourth-order valence-corrected chi connectivity index (χ4v) is 2.84. The van der Waals surface area contributed by atoms with Gasteiger partial charge in [0, 0.05) is 22.0 Å². The summed E-state index contributed by atoms with van der Waals surface area (Å²) in [4.78, 5) is 0. The molecule has 98 valence electrons. The third kappa shape index (κ3) is 3.24. The first kappa shape index (κ1) is 13.8. The van der Waals surface area contributed by atoms with Crippen LogP contribution in [0.3, 0.4) is 0 Å². The average Bonchev–Trinajstić information content (AvgIpc) is 2.75. The van der Waals surface area contributed by atoms with Gasteiger partial charge in [0.2, 0.25) is 0 Å². The van der Waals surface area contributed by atoms with E-state index in [9.17, 15) is 0 Å². The van der Waals surface area contributed by atoms with E-state index in [1.807, 2.05) is 0 Å². The van der Waals surface area contributed by atoms with E-state index in [4.69, 9.17) is 0 Å². The average molecular weight is 308 g/mol. The van der Waals surface area contributed by atoms with Crippen LogP contribution < -0.4 is 5.32 Å². The Bertz CT molecular complexity index is 435. The van der Waals surface area contributed by atoms with Crippen molar-refractivity contribution in [2.24, 2.45) is 0 Å². The molecule has 2 rings (SSSR count). The zero-order chi connectivity index (χ0) is 13.2. The van der Waals surface area contributed by atoms with Crippen LogP contribution in [0.15, 0.2) is 40.9 Å². The highest BCUT2D eigenvalue weighted by Gasteiger charge is 2.33. The Morgan fingerprint density at radius 2 is 1.89 bits per heavy atom. The molecule has 0 spiro atoms. The lowest BCUT2D eigenvalue weighted by Crippen LogP contribution is -2.45. The molecule has 0 aliphatic heterocycles. The van der Waals surface area contributed by atoms with Crippen LogP contribution >= 0.6 is 15.9 Å². The summed E-state index contributed by atoms with van der Waals surface area (Å²) in [6.45, 7) is 7.71. The van der Waals surface area contributed by atoms with Gasteiger partial charge in [-0.05, 0) is 51.3 Å². The molecule has 0 unspecified atom stereocenters. The van der Waals surface area contributed by atoms with Crippen molar-refractivity contribution in [1.82, 2.24) is 5.32 Å². The lowest BCUT2D eigenvalue weighted by Gasteiger charge is -2.34. The van der Waals surface area contributed by atoms with Crippen molar-refractivity contribution in [2.75, 3.05) is 6.54 Å². The second-order valence-electron chi connectivity index (χ2n) is 6.27. The molecule has 0 fully saturated rings. The molecule has 1 aromatic rings. The van der Waals surface area contributed by atoms with E-state index >= 15 is 0 Å². The topological polar surface area (TPSA) is 12.0 Å². The number of hydrogen-bond acceptors (Lipinski definition) is 1. The number of rotatable bonds is 3. The highest BCUT2D eigenvalue weighted by Crippen LogP contribution is 2.37. The van der Waals surface area contributed by atoms with Crippen LogP contribution in [-0.2, 0) is 5.41 Å². The van der Waals surface area contributed by atoms with Crippen molar-refractivity contribution in [1.29, 1.82) is 0 Å². The van der Waals surface area contributed by atoms with Crippen molar-refractivity contribution >= 4 is 15.9 Å². The van der Waals surface area contributed by atoms with Gasteiger partial charge in [0.1, 0.15) is 0 Å². The minimum atomic E-state index is 0.168. The third-order valence-corrected chi connectivity index (χ3v) is 4.07. The van der Waals surface area contributed by atoms with E-state index in [0.717, 1.165) is 19.4 Å². The van der Waals surface area contributed by atoms with E-state index in [1.165, 1.54) is 10.0 Å². The Labute approximate surface area is 119 Å². The van der Waals surface area contributed by atoms with Gasteiger partial charge in [-0.15, -0.1) is 0 Å². The summed E-state index contributed by atoms with van der Waals surface area (Å²) in [6, 6.07) is 8.74. The SMILES string of the molecule is CC(C)(C)NCC1(c2cccc(Br)c2)CC=CC1. The number of halogens is 1. The fourth-order valence-electron chi connectivity index (χ4n) is 2.44. The van der Waals surface area contributed by atoms with Gasteiger partial charge >= 0.3 is 0 Å². The lowest BCUT2D eigenvalue weighted by atomic mass is 9.77. The van der Waals surface area contributed by atoms with Crippen LogP contribution in [0.5, 0.6) is 0 Å². The number of allylic oxidation sites excluding steroid dienone is 2. The van der Waals surface area contributed by atoms with Crippen LogP contribution in [0.25, 0.3) is 0 Å². The zero-order valence-electron chi connectivity index (χ0n) is 11.5. The second-order valence-corrected chi connectivity index (χ2v) is 7.19. The quantitative estimate of drug-likeness (QED) is 0.815. The van der Waals surface area contributed by atoms with Gasteiger partial charge in [-0.3, -0.25) is 0 Å². The predicted molar refractivity (Wildman–Crippen MR) is 81.9 cm³/mol. The molecule has 0 amide bonds. The highest BCUT2D eigenvalue weighted by atomic mass is 79.9. The Hall–Kier alpha value is -0.600. The van der Waals surface area contributed by atoms with Crippen LogP contribution in [0.2, 0.25) is 0 Å². The Morgan fingerprint density at radius 3 is 2.44 bits per heavy atom. The van der Waals surface area contributed by atoms with E-state index in [-0.39, 0.29) is 11.0 Å². The minimum Gasteiger partial charge on any atom is -0.311 e. The number of hydrogen-bond donors (Lipinski definition) is 1. The van der Waals surface area contributed by atoms with E-state index in [0.29, 0.717) is 0 Å². The third-order valence-electron chi connectivity index (χ3n) is 3.58. The normalized spacial score (nSPS) is 18.2. The Balaban J connectivity index is 2.22. The molecule has 0 bridgehead atoms. The molecule has 1 nitrogen and oxygen atoms in total. The largest absolute Gasteiger partial charge is 0.311 e. The summed E-state index contributed by atoms with van der Waals surface area (Å²) in [5.74, 6) is 0. The van der Waals surface area contributed by atoms with Crippen LogP contribution in [-0.4, -0.2) is 12.1 Å². The smallest absolute Gasteiger partial charge is 0.0178 e. The van der Waals surface area contributed by atoms with E-state index in [2.05, 4.69) is 78.4 Å². The van der Waals surface area contributed by atoms with Crippen molar-refractivity contribution in [3.63, 3.8) is 0 Å². The molecule has 0 saturated carbocycles. The van der Waals surface area contributed by atoms with Gasteiger partial charge in [0.05, 0.1) is 0 Å². The first-order valence-corrected chi connectivity index (χ1v) is 7.37. The second kappa shape index (κ2) is 5.18. The molecule has 0 heterocycles. The molecule has 2 heteroatoms. The number of benzene rings is 1. The summed E-state index contributed by atoms with van der Waals surface area (Å²) in [5, 5.41) is 3.67. The monoisotopic (exact) mass is 307 g/mol. The fraction of sp³-hybridized carbons (Fsp3) is 0.500. The van der Waals surface area contributed by atoms with Crippen molar-refractivity contribution in [3.05, 3.63) is 46.5 Å². The summed E-state index contributed by atoms with van der Waals surface area (Å²) < 4.78 is 1.17. The first-order valence-electron chi connectivity index (χ1n) is 6.57. The Kier molecular flexibility index (Phi) is 3.98. The molecular formula is C16H22BrN. The van der Waals surface area contributed by atoms with Crippen LogP contribution in [0.1, 0.15) is 39.2 Å². The molecular weight excluding hydrogens is 286 g/mol. The van der Waals surface area contributed by atoms with Gasteiger partial charge in [0.25, 0.3) is 0 Å². The first-order chi connectivity index (χ1) is 8.41. The maximum Gasteiger partial charge on any atom is 0.0178 e. The van der Waals surface area contributed by atoms with Gasteiger partial charge < -0.3 is 5.32 Å². The molecule has 1 aliphatic carbocycles. The van der Waals surface area contributed by atoms with Crippen LogP contribution in [0, 0.1) is 0 Å². The summed E-state index contributed by atoms with van der Waals surface area (Å²) in [6.07, 6.45) is 6.88. The summed E-state index contributed by atoms with van der Waals surface area (Å²) >= 11 is 3.58. The van der Waals surface area contributed by atoms with Gasteiger partial charge in [-0.2, -0.15) is 0 Å². The standard InChI is InChI=1S/C16H22BrN/c1-15(2,3)18-12-16(9-4-5-10-16)13-7-6-8-14(17)11-13/h4-8,11,18H,9-10,12H2,1-3H3. The van der Waals surface area contributed by atoms with E-state index < -0.39 is 0 Å². The highest BCUT2D eigenvalue weighted by molar-refractivity contribution is 9.10. The molecule has 1 aromatic carbocycles. The summed E-state index contributed by atoms with van der Waals surface area (Å²) in [5.41, 5.74) is 1.83. The molecule has 0 radical (unpaired) electrons. The van der Waals surface area contributed by atoms with Gasteiger partial charge in [-0.1, -0.05) is 40.2 Å². The van der Waals surface area contributed by atoms with Gasteiger partial charge in [0.15, 0.2) is 0 Å². The summed E-state index contributed by atoms with van der Waals surface area (Å²) in [7, 11) is 0. The molecule has 0 aromatic heterocycles. The zero-order valence-corrected chi connectivity index (χ0v) is 13.0. The molecule has 1 N–H and O–H groups in total. The van der Waals surface area contributed by atoms with Crippen molar-refractivity contribution in [3.8, 4) is 0 Å². The predicted octanol–water partition coefficient (Wildman–Crippen LogP) is 4.43. The van der Waals surface area contributed by atoms with E-state index in [1.54, 1.807) is 0 Å².